The summed E-state index contributed by atoms with van der Waals surface area (Å²) in [4.78, 5) is 30.6. The Balaban J connectivity index is 1.28. The maximum absolute atomic E-state index is 13.0. The molecule has 1 aliphatic heterocycles. The predicted octanol–water partition coefficient (Wildman–Crippen LogP) is 5.45. The van der Waals surface area contributed by atoms with Crippen molar-refractivity contribution in [2.45, 2.75) is 37.6 Å². The number of rotatable bonds is 5. The van der Waals surface area contributed by atoms with E-state index in [4.69, 9.17) is 16.6 Å². The minimum atomic E-state index is -0.423. The highest BCUT2D eigenvalue weighted by Gasteiger charge is 2.29. The van der Waals surface area contributed by atoms with Gasteiger partial charge < -0.3 is 10.2 Å². The van der Waals surface area contributed by atoms with Crippen LogP contribution in [0.25, 0.3) is 10.2 Å². The molecule has 9 heteroatoms. The van der Waals surface area contributed by atoms with Crippen molar-refractivity contribution in [2.75, 3.05) is 18.4 Å². The van der Waals surface area contributed by atoms with Gasteiger partial charge in [-0.15, -0.1) is 11.3 Å². The van der Waals surface area contributed by atoms with Gasteiger partial charge in [-0.05, 0) is 56.0 Å². The lowest BCUT2D eigenvalue weighted by molar-refractivity contribution is -0.384. The van der Waals surface area contributed by atoms with Crippen molar-refractivity contribution >= 4 is 50.4 Å². The molecule has 0 radical (unpaired) electrons. The monoisotopic (exact) mass is 456 g/mol. The summed E-state index contributed by atoms with van der Waals surface area (Å²) < 4.78 is 1.12. The molecule has 160 valence electrons. The number of fused-ring (bicyclic) bond motifs is 1. The Kier molecular flexibility index (Phi) is 5.27. The first kappa shape index (κ1) is 20.2. The van der Waals surface area contributed by atoms with Gasteiger partial charge in [0.25, 0.3) is 11.6 Å². The number of nitro groups is 1. The summed E-state index contributed by atoms with van der Waals surface area (Å²) in [6, 6.07) is 10.8. The lowest BCUT2D eigenvalue weighted by Gasteiger charge is -2.31. The van der Waals surface area contributed by atoms with Crippen LogP contribution in [0.15, 0.2) is 36.4 Å². The molecular formula is C22H21ClN4O3S. The maximum atomic E-state index is 13.0. The number of thiazole rings is 1. The number of benzene rings is 2. The molecule has 2 aromatic carbocycles. The number of amides is 1. The second kappa shape index (κ2) is 8.09. The highest BCUT2D eigenvalue weighted by atomic mass is 35.5. The largest absolute Gasteiger partial charge is 0.377 e. The Morgan fingerprint density at radius 1 is 1.16 bits per heavy atom. The van der Waals surface area contributed by atoms with Gasteiger partial charge in [-0.25, -0.2) is 4.98 Å². The number of anilines is 1. The Bertz CT molecular complexity index is 1170. The molecule has 31 heavy (non-hydrogen) atoms. The minimum Gasteiger partial charge on any atom is -0.377 e. The molecule has 1 aliphatic carbocycles. The van der Waals surface area contributed by atoms with E-state index < -0.39 is 4.92 Å². The van der Waals surface area contributed by atoms with Gasteiger partial charge >= 0.3 is 0 Å². The first-order chi connectivity index (χ1) is 15.0. The summed E-state index contributed by atoms with van der Waals surface area (Å²) in [5.74, 6) is 0.148. The molecule has 1 N–H and O–H groups in total. The first-order valence-corrected chi connectivity index (χ1v) is 11.6. The van der Waals surface area contributed by atoms with Crippen LogP contribution in [0, 0.1) is 10.1 Å². The highest BCUT2D eigenvalue weighted by Crippen LogP contribution is 2.36. The molecule has 0 spiro atoms. The zero-order chi connectivity index (χ0) is 21.5. The van der Waals surface area contributed by atoms with Crippen LogP contribution >= 0.6 is 22.9 Å². The van der Waals surface area contributed by atoms with Crippen LogP contribution in [0.3, 0.4) is 0 Å². The van der Waals surface area contributed by atoms with E-state index in [-0.39, 0.29) is 11.6 Å². The zero-order valence-corrected chi connectivity index (χ0v) is 18.3. The van der Waals surface area contributed by atoms with Gasteiger partial charge in [-0.1, -0.05) is 11.6 Å². The molecule has 2 heterocycles. The smallest absolute Gasteiger partial charge is 0.293 e. The van der Waals surface area contributed by atoms with Crippen LogP contribution in [-0.4, -0.2) is 39.8 Å². The fraction of sp³-hybridized carbons (Fsp3) is 0.364. The SMILES string of the molecule is O=C(c1ccc(NC2CC2)c([N+](=O)[O-])c1)N1CCC(c2nc3cc(Cl)ccc3s2)CC1. The number of nitrogens with one attached hydrogen (secondary N) is 1. The third kappa shape index (κ3) is 4.22. The zero-order valence-electron chi connectivity index (χ0n) is 16.7. The number of carbonyl (C=O) groups is 1. The number of hydrogen-bond donors (Lipinski definition) is 1. The topological polar surface area (TPSA) is 88.4 Å². The Labute approximate surface area is 188 Å². The van der Waals surface area contributed by atoms with Gasteiger partial charge in [0.1, 0.15) is 5.69 Å². The minimum absolute atomic E-state index is 0.0410. The average Bonchev–Trinajstić information content (AvgIpc) is 3.49. The van der Waals surface area contributed by atoms with Crippen molar-refractivity contribution < 1.29 is 9.72 Å². The molecule has 1 saturated carbocycles. The van der Waals surface area contributed by atoms with Crippen LogP contribution < -0.4 is 5.32 Å². The maximum Gasteiger partial charge on any atom is 0.293 e. The summed E-state index contributed by atoms with van der Waals surface area (Å²) in [6.45, 7) is 1.21. The summed E-state index contributed by atoms with van der Waals surface area (Å²) in [5, 5.41) is 16.4. The van der Waals surface area contributed by atoms with E-state index in [1.807, 2.05) is 18.2 Å². The van der Waals surface area contributed by atoms with Crippen molar-refractivity contribution in [3.8, 4) is 0 Å². The Morgan fingerprint density at radius 2 is 1.94 bits per heavy atom. The van der Waals surface area contributed by atoms with Crippen LogP contribution in [0.4, 0.5) is 11.4 Å². The van der Waals surface area contributed by atoms with Crippen molar-refractivity contribution in [1.82, 2.24) is 9.88 Å². The molecule has 2 fully saturated rings. The fourth-order valence-electron chi connectivity index (χ4n) is 3.99. The third-order valence-electron chi connectivity index (χ3n) is 5.88. The number of nitro benzene ring substituents is 1. The van der Waals surface area contributed by atoms with Crippen molar-refractivity contribution in [3.05, 3.63) is 62.1 Å². The molecular weight excluding hydrogens is 436 g/mol. The van der Waals surface area contributed by atoms with Gasteiger partial charge in [0.2, 0.25) is 0 Å². The Morgan fingerprint density at radius 3 is 2.65 bits per heavy atom. The fourth-order valence-corrected chi connectivity index (χ4v) is 5.27. The second-order valence-corrected chi connectivity index (χ2v) is 9.64. The summed E-state index contributed by atoms with van der Waals surface area (Å²) in [7, 11) is 0. The number of piperidine rings is 1. The Hall–Kier alpha value is -2.71. The van der Waals surface area contributed by atoms with Crippen LogP contribution in [0.5, 0.6) is 0 Å². The molecule has 0 unspecified atom stereocenters. The molecule has 0 atom stereocenters. The normalized spacial score (nSPS) is 17.1. The number of nitrogens with zero attached hydrogens (tertiary/aromatic N) is 3. The number of halogens is 1. The summed E-state index contributed by atoms with van der Waals surface area (Å²) in [6.07, 6.45) is 3.69. The van der Waals surface area contributed by atoms with E-state index >= 15 is 0 Å². The van der Waals surface area contributed by atoms with Gasteiger partial charge in [0.15, 0.2) is 0 Å². The van der Waals surface area contributed by atoms with E-state index in [0.29, 0.717) is 41.3 Å². The second-order valence-electron chi connectivity index (χ2n) is 8.14. The van der Waals surface area contributed by atoms with Crippen LogP contribution in [0.2, 0.25) is 5.02 Å². The van der Waals surface area contributed by atoms with E-state index in [0.717, 1.165) is 40.9 Å². The molecule has 0 bridgehead atoms. The summed E-state index contributed by atoms with van der Waals surface area (Å²) >= 11 is 7.75. The number of carbonyl (C=O) groups excluding carboxylic acids is 1. The van der Waals surface area contributed by atoms with Crippen LogP contribution in [0.1, 0.15) is 47.0 Å². The number of aromatic nitrogens is 1. The van der Waals surface area contributed by atoms with Crippen molar-refractivity contribution in [1.29, 1.82) is 0 Å². The van der Waals surface area contributed by atoms with E-state index in [9.17, 15) is 14.9 Å². The lowest BCUT2D eigenvalue weighted by atomic mass is 9.97. The number of likely N-dealkylation sites (tertiary alicyclic amines) is 1. The highest BCUT2D eigenvalue weighted by molar-refractivity contribution is 7.18. The molecule has 5 rings (SSSR count). The van der Waals surface area contributed by atoms with Gasteiger partial charge in [-0.2, -0.15) is 0 Å². The average molecular weight is 457 g/mol. The van der Waals surface area contributed by atoms with Gasteiger partial charge in [0, 0.05) is 41.7 Å². The predicted molar refractivity (Wildman–Crippen MR) is 122 cm³/mol. The van der Waals surface area contributed by atoms with Crippen molar-refractivity contribution in [3.63, 3.8) is 0 Å². The molecule has 2 aliphatic rings. The third-order valence-corrected chi connectivity index (χ3v) is 7.31. The van der Waals surface area contributed by atoms with E-state index in [1.165, 1.54) is 6.07 Å². The standard InChI is InChI=1S/C22H21ClN4O3S/c23-15-2-6-20-18(12-15)25-21(31-20)13-7-9-26(10-8-13)22(28)14-1-5-17(24-16-3-4-16)19(11-14)27(29)30/h1-2,5-6,11-13,16,24H,3-4,7-10H2. The number of hydrogen-bond acceptors (Lipinski definition) is 6. The quantitative estimate of drug-likeness (QED) is 0.407. The summed E-state index contributed by atoms with van der Waals surface area (Å²) in [5.41, 5.74) is 1.72. The first-order valence-electron chi connectivity index (χ1n) is 10.4. The van der Waals surface area contributed by atoms with Crippen molar-refractivity contribution in [2.24, 2.45) is 0 Å². The molecule has 7 nitrogen and oxygen atoms in total. The lowest BCUT2D eigenvalue weighted by Crippen LogP contribution is -2.37. The van der Waals surface area contributed by atoms with Gasteiger partial charge in [-0.3, -0.25) is 14.9 Å². The molecule has 1 saturated heterocycles. The molecule has 3 aromatic rings. The molecule has 1 amide bonds. The van der Waals surface area contributed by atoms with E-state index in [2.05, 4.69) is 5.32 Å². The van der Waals surface area contributed by atoms with Gasteiger partial charge in [0.05, 0.1) is 20.1 Å². The van der Waals surface area contributed by atoms with Crippen LogP contribution in [-0.2, 0) is 0 Å². The molecule has 1 aromatic heterocycles. The van der Waals surface area contributed by atoms with E-state index in [1.54, 1.807) is 28.4 Å².